The van der Waals surface area contributed by atoms with Gasteiger partial charge in [0.25, 0.3) is 0 Å². The number of aryl methyl sites for hydroxylation is 1. The maximum absolute atomic E-state index is 5.58. The first kappa shape index (κ1) is 9.49. The normalized spacial score (nSPS) is 10.7. The first-order valence-corrected chi connectivity index (χ1v) is 5.52. The van der Waals surface area contributed by atoms with Gasteiger partial charge in [0.1, 0.15) is 11.5 Å². The Morgan fingerprint density at radius 1 is 1.36 bits per heavy atom. The van der Waals surface area contributed by atoms with E-state index in [1.54, 1.807) is 11.3 Å². The Balaban J connectivity index is 2.36. The molecule has 0 atom stereocenters. The van der Waals surface area contributed by atoms with Gasteiger partial charge >= 0.3 is 0 Å². The van der Waals surface area contributed by atoms with Gasteiger partial charge in [-0.2, -0.15) is 0 Å². The minimum absolute atomic E-state index is 0.684. The van der Waals surface area contributed by atoms with Crippen LogP contribution in [0.25, 0.3) is 10.6 Å². The molecule has 0 unspecified atom stereocenters. The van der Waals surface area contributed by atoms with E-state index in [2.05, 4.69) is 11.4 Å². The summed E-state index contributed by atoms with van der Waals surface area (Å²) in [6, 6.07) is 6.12. The summed E-state index contributed by atoms with van der Waals surface area (Å²) in [4.78, 5) is 1.21. The smallest absolute Gasteiger partial charge is 0.144 e. The zero-order chi connectivity index (χ0) is 9.97. The lowest BCUT2D eigenvalue weighted by Crippen LogP contribution is -2.02. The number of rotatable bonds is 3. The van der Waals surface area contributed by atoms with Gasteiger partial charge in [-0.1, -0.05) is 0 Å². The van der Waals surface area contributed by atoms with Crippen LogP contribution in [0, 0.1) is 6.92 Å². The topological polar surface area (TPSA) is 39.2 Å². The van der Waals surface area contributed by atoms with Crippen molar-refractivity contribution in [2.24, 2.45) is 5.73 Å². The Morgan fingerprint density at radius 2 is 2.21 bits per heavy atom. The third-order valence-electron chi connectivity index (χ3n) is 2.12. The van der Waals surface area contributed by atoms with Gasteiger partial charge in [-0.05, 0) is 49.0 Å². The fourth-order valence-corrected chi connectivity index (χ4v) is 2.38. The third kappa shape index (κ3) is 1.74. The Labute approximate surface area is 87.4 Å². The van der Waals surface area contributed by atoms with Gasteiger partial charge in [0.15, 0.2) is 0 Å². The third-order valence-corrected chi connectivity index (χ3v) is 3.10. The van der Waals surface area contributed by atoms with E-state index in [0.717, 1.165) is 17.9 Å². The summed E-state index contributed by atoms with van der Waals surface area (Å²) in [7, 11) is 0. The molecule has 2 aromatic rings. The van der Waals surface area contributed by atoms with Crippen molar-refractivity contribution >= 4 is 11.3 Å². The predicted molar refractivity (Wildman–Crippen MR) is 59.5 cm³/mol. The second-order valence-electron chi connectivity index (χ2n) is 3.22. The standard InChI is InChI=1S/C11H13NOS/c1-8-2-3-10(13-8)11-9(4-6-12)5-7-14-11/h2-3,5,7H,4,6,12H2,1H3. The zero-order valence-corrected chi connectivity index (χ0v) is 8.93. The lowest BCUT2D eigenvalue weighted by Gasteiger charge is -1.98. The van der Waals surface area contributed by atoms with E-state index >= 15 is 0 Å². The van der Waals surface area contributed by atoms with Crippen molar-refractivity contribution in [2.75, 3.05) is 6.54 Å². The fraction of sp³-hybridized carbons (Fsp3) is 0.273. The molecule has 0 fully saturated rings. The van der Waals surface area contributed by atoms with Gasteiger partial charge in [-0.3, -0.25) is 0 Å². The van der Waals surface area contributed by atoms with Crippen LogP contribution in [0.4, 0.5) is 0 Å². The Bertz CT molecular complexity index is 416. The van der Waals surface area contributed by atoms with Crippen LogP contribution < -0.4 is 5.73 Å². The van der Waals surface area contributed by atoms with Gasteiger partial charge in [0, 0.05) is 0 Å². The largest absolute Gasteiger partial charge is 0.461 e. The maximum atomic E-state index is 5.58. The number of furan rings is 1. The summed E-state index contributed by atoms with van der Waals surface area (Å²) >= 11 is 1.71. The van der Waals surface area contributed by atoms with E-state index in [1.165, 1.54) is 10.4 Å². The molecule has 0 aliphatic carbocycles. The molecule has 14 heavy (non-hydrogen) atoms. The summed E-state index contributed by atoms with van der Waals surface area (Å²) < 4.78 is 5.58. The summed E-state index contributed by atoms with van der Waals surface area (Å²) in [5.74, 6) is 1.91. The highest BCUT2D eigenvalue weighted by atomic mass is 32.1. The van der Waals surface area contributed by atoms with E-state index in [0.29, 0.717) is 6.54 Å². The molecule has 0 aromatic carbocycles. The van der Waals surface area contributed by atoms with Crippen molar-refractivity contribution in [1.29, 1.82) is 0 Å². The van der Waals surface area contributed by atoms with Gasteiger partial charge in [0.05, 0.1) is 4.88 Å². The van der Waals surface area contributed by atoms with Crippen LogP contribution in [-0.2, 0) is 6.42 Å². The SMILES string of the molecule is Cc1ccc(-c2sccc2CCN)o1. The minimum Gasteiger partial charge on any atom is -0.461 e. The highest BCUT2D eigenvalue weighted by Crippen LogP contribution is 2.30. The van der Waals surface area contributed by atoms with Crippen molar-refractivity contribution in [2.45, 2.75) is 13.3 Å². The number of nitrogens with two attached hydrogens (primary N) is 1. The van der Waals surface area contributed by atoms with Crippen molar-refractivity contribution < 1.29 is 4.42 Å². The van der Waals surface area contributed by atoms with Crippen molar-refractivity contribution in [3.63, 3.8) is 0 Å². The Kier molecular flexibility index (Phi) is 2.70. The van der Waals surface area contributed by atoms with E-state index in [4.69, 9.17) is 10.2 Å². The molecule has 0 saturated carbocycles. The minimum atomic E-state index is 0.684. The first-order chi connectivity index (χ1) is 6.81. The zero-order valence-electron chi connectivity index (χ0n) is 8.12. The van der Waals surface area contributed by atoms with Crippen LogP contribution in [0.1, 0.15) is 11.3 Å². The predicted octanol–water partition coefficient (Wildman–Crippen LogP) is 2.82. The van der Waals surface area contributed by atoms with E-state index in [-0.39, 0.29) is 0 Å². The number of hydrogen-bond acceptors (Lipinski definition) is 3. The first-order valence-electron chi connectivity index (χ1n) is 4.64. The summed E-state index contributed by atoms with van der Waals surface area (Å²) in [6.07, 6.45) is 0.915. The quantitative estimate of drug-likeness (QED) is 0.840. The molecule has 0 bridgehead atoms. The molecule has 0 aliphatic heterocycles. The van der Waals surface area contributed by atoms with E-state index in [1.807, 2.05) is 19.1 Å². The van der Waals surface area contributed by atoms with Crippen LogP contribution in [0.2, 0.25) is 0 Å². The fourth-order valence-electron chi connectivity index (χ4n) is 1.46. The van der Waals surface area contributed by atoms with Gasteiger partial charge in [0.2, 0.25) is 0 Å². The van der Waals surface area contributed by atoms with E-state index < -0.39 is 0 Å². The van der Waals surface area contributed by atoms with Crippen LogP contribution in [-0.4, -0.2) is 6.54 Å². The maximum Gasteiger partial charge on any atom is 0.144 e. The molecular formula is C11H13NOS. The molecule has 0 spiro atoms. The molecule has 0 saturated heterocycles. The molecule has 2 nitrogen and oxygen atoms in total. The molecule has 0 aliphatic rings. The number of hydrogen-bond donors (Lipinski definition) is 1. The summed E-state index contributed by atoms with van der Waals surface area (Å²) in [5.41, 5.74) is 6.83. The second-order valence-corrected chi connectivity index (χ2v) is 4.14. The molecule has 0 amide bonds. The monoisotopic (exact) mass is 207 g/mol. The van der Waals surface area contributed by atoms with Crippen LogP contribution >= 0.6 is 11.3 Å². The lowest BCUT2D eigenvalue weighted by atomic mass is 10.1. The average molecular weight is 207 g/mol. The van der Waals surface area contributed by atoms with Crippen LogP contribution in [0.5, 0.6) is 0 Å². The molecule has 2 heterocycles. The average Bonchev–Trinajstić information content (AvgIpc) is 2.74. The second kappa shape index (κ2) is 3.98. The summed E-state index contributed by atoms with van der Waals surface area (Å²) in [5, 5.41) is 2.08. The van der Waals surface area contributed by atoms with Gasteiger partial charge < -0.3 is 10.2 Å². The Morgan fingerprint density at radius 3 is 2.86 bits per heavy atom. The van der Waals surface area contributed by atoms with Crippen molar-refractivity contribution in [3.8, 4) is 10.6 Å². The van der Waals surface area contributed by atoms with Crippen molar-refractivity contribution in [3.05, 3.63) is 34.9 Å². The summed E-state index contributed by atoms with van der Waals surface area (Å²) in [6.45, 7) is 2.64. The van der Waals surface area contributed by atoms with E-state index in [9.17, 15) is 0 Å². The molecule has 2 aromatic heterocycles. The number of thiophene rings is 1. The molecular weight excluding hydrogens is 194 g/mol. The van der Waals surface area contributed by atoms with Crippen molar-refractivity contribution in [1.82, 2.24) is 0 Å². The Hall–Kier alpha value is -1.06. The van der Waals surface area contributed by atoms with Gasteiger partial charge in [-0.25, -0.2) is 0 Å². The molecule has 3 heteroatoms. The molecule has 0 radical (unpaired) electrons. The molecule has 2 rings (SSSR count). The lowest BCUT2D eigenvalue weighted by molar-refractivity contribution is 0.549. The molecule has 2 N–H and O–H groups in total. The van der Waals surface area contributed by atoms with Gasteiger partial charge in [-0.15, -0.1) is 11.3 Å². The van der Waals surface area contributed by atoms with Crippen LogP contribution in [0.3, 0.4) is 0 Å². The highest BCUT2D eigenvalue weighted by molar-refractivity contribution is 7.13. The molecule has 74 valence electrons. The van der Waals surface area contributed by atoms with Crippen LogP contribution in [0.15, 0.2) is 28.0 Å². The highest BCUT2D eigenvalue weighted by Gasteiger charge is 2.09.